The first kappa shape index (κ1) is 13.7. The summed E-state index contributed by atoms with van der Waals surface area (Å²) in [6.07, 6.45) is 5.52. The van der Waals surface area contributed by atoms with Gasteiger partial charge in [-0.2, -0.15) is 0 Å². The predicted molar refractivity (Wildman–Crippen MR) is 73.4 cm³/mol. The molecule has 0 spiro atoms. The Bertz CT molecular complexity index is 432. The molecule has 2 rings (SSSR count). The van der Waals surface area contributed by atoms with E-state index in [4.69, 9.17) is 0 Å². The number of amides is 1. The number of phenolic OH excluding ortho intramolecular Hbond substituents is 2. The van der Waals surface area contributed by atoms with Crippen molar-refractivity contribution >= 4 is 5.91 Å². The number of aromatic hydroxyl groups is 2. The second-order valence-corrected chi connectivity index (χ2v) is 5.05. The summed E-state index contributed by atoms with van der Waals surface area (Å²) in [7, 11) is 0. The van der Waals surface area contributed by atoms with Gasteiger partial charge in [0.2, 0.25) is 0 Å². The summed E-state index contributed by atoms with van der Waals surface area (Å²) in [4.78, 5) is 14.3. The van der Waals surface area contributed by atoms with E-state index in [-0.39, 0.29) is 29.0 Å². The van der Waals surface area contributed by atoms with Crippen LogP contribution in [-0.2, 0) is 0 Å². The van der Waals surface area contributed by atoms with Gasteiger partial charge in [-0.05, 0) is 31.9 Å². The summed E-state index contributed by atoms with van der Waals surface area (Å²) in [5, 5.41) is 19.6. The average molecular weight is 263 g/mol. The van der Waals surface area contributed by atoms with Gasteiger partial charge in [-0.1, -0.05) is 25.3 Å². The highest BCUT2D eigenvalue weighted by Crippen LogP contribution is 2.30. The SMILES string of the molecule is CCN(C(=O)c1c(O)cccc1O)C1CCCCC1. The molecule has 0 radical (unpaired) electrons. The Morgan fingerprint density at radius 3 is 2.32 bits per heavy atom. The summed E-state index contributed by atoms with van der Waals surface area (Å²) in [6, 6.07) is 4.62. The number of hydrogen-bond acceptors (Lipinski definition) is 3. The smallest absolute Gasteiger partial charge is 0.261 e. The van der Waals surface area contributed by atoms with Gasteiger partial charge in [-0.15, -0.1) is 0 Å². The molecule has 0 aromatic heterocycles. The molecule has 0 aliphatic heterocycles. The molecule has 2 N–H and O–H groups in total. The minimum Gasteiger partial charge on any atom is -0.507 e. The van der Waals surface area contributed by atoms with Gasteiger partial charge in [0, 0.05) is 12.6 Å². The van der Waals surface area contributed by atoms with Gasteiger partial charge in [-0.3, -0.25) is 4.79 Å². The largest absolute Gasteiger partial charge is 0.507 e. The van der Waals surface area contributed by atoms with Crippen molar-refractivity contribution in [3.05, 3.63) is 23.8 Å². The fourth-order valence-corrected chi connectivity index (χ4v) is 2.85. The van der Waals surface area contributed by atoms with E-state index in [0.717, 1.165) is 25.7 Å². The number of carbonyl (C=O) groups is 1. The van der Waals surface area contributed by atoms with Gasteiger partial charge < -0.3 is 15.1 Å². The Kier molecular flexibility index (Phi) is 4.30. The first-order chi connectivity index (χ1) is 9.15. The molecule has 1 aromatic rings. The molecule has 0 unspecified atom stereocenters. The maximum atomic E-state index is 12.5. The van der Waals surface area contributed by atoms with Crippen LogP contribution in [0.15, 0.2) is 18.2 Å². The maximum Gasteiger partial charge on any atom is 0.261 e. The molecule has 104 valence electrons. The second-order valence-electron chi connectivity index (χ2n) is 5.05. The zero-order valence-corrected chi connectivity index (χ0v) is 11.3. The topological polar surface area (TPSA) is 60.8 Å². The highest BCUT2D eigenvalue weighted by atomic mass is 16.3. The van der Waals surface area contributed by atoms with Crippen LogP contribution >= 0.6 is 0 Å². The normalized spacial score (nSPS) is 16.3. The molecule has 1 aliphatic carbocycles. The molecule has 0 atom stereocenters. The standard InChI is InChI=1S/C15H21NO3/c1-2-16(11-7-4-3-5-8-11)15(19)14-12(17)9-6-10-13(14)18/h6,9-11,17-18H,2-5,7-8H2,1H3. The summed E-state index contributed by atoms with van der Waals surface area (Å²) >= 11 is 0. The van der Waals surface area contributed by atoms with Crippen LogP contribution in [0.3, 0.4) is 0 Å². The molecular weight excluding hydrogens is 242 g/mol. The van der Waals surface area contributed by atoms with Gasteiger partial charge in [0.1, 0.15) is 17.1 Å². The summed E-state index contributed by atoms with van der Waals surface area (Å²) in [5.74, 6) is -0.580. The number of nitrogens with zero attached hydrogens (tertiary/aromatic N) is 1. The van der Waals surface area contributed by atoms with Crippen LogP contribution in [0.4, 0.5) is 0 Å². The first-order valence-corrected chi connectivity index (χ1v) is 6.97. The van der Waals surface area contributed by atoms with Gasteiger partial charge in [0.05, 0.1) is 0 Å². The van der Waals surface area contributed by atoms with Crippen molar-refractivity contribution in [2.75, 3.05) is 6.54 Å². The van der Waals surface area contributed by atoms with Crippen LogP contribution < -0.4 is 0 Å². The minimum absolute atomic E-state index is 0.0231. The second kappa shape index (κ2) is 5.95. The van der Waals surface area contributed by atoms with E-state index in [1.165, 1.54) is 24.6 Å². The van der Waals surface area contributed by atoms with Crippen LogP contribution in [0.25, 0.3) is 0 Å². The van der Waals surface area contributed by atoms with E-state index in [1.54, 1.807) is 4.90 Å². The Balaban J connectivity index is 2.25. The minimum atomic E-state index is -0.273. The maximum absolute atomic E-state index is 12.5. The predicted octanol–water partition coefficient (Wildman–Crippen LogP) is 2.89. The Labute approximate surface area is 113 Å². The van der Waals surface area contributed by atoms with E-state index >= 15 is 0 Å². The number of carbonyl (C=O) groups excluding carboxylic acids is 1. The molecule has 1 amide bonds. The Morgan fingerprint density at radius 1 is 1.21 bits per heavy atom. The number of benzene rings is 1. The van der Waals surface area contributed by atoms with E-state index in [0.29, 0.717) is 6.54 Å². The Hall–Kier alpha value is -1.71. The lowest BCUT2D eigenvalue weighted by molar-refractivity contribution is 0.0642. The molecule has 4 nitrogen and oxygen atoms in total. The van der Waals surface area contributed by atoms with E-state index in [1.807, 2.05) is 6.92 Å². The highest BCUT2D eigenvalue weighted by Gasteiger charge is 2.28. The van der Waals surface area contributed by atoms with E-state index in [2.05, 4.69) is 0 Å². The molecular formula is C15H21NO3. The van der Waals surface area contributed by atoms with Gasteiger partial charge >= 0.3 is 0 Å². The van der Waals surface area contributed by atoms with Gasteiger partial charge in [0.15, 0.2) is 0 Å². The highest BCUT2D eigenvalue weighted by molar-refractivity contribution is 5.99. The number of phenols is 2. The lowest BCUT2D eigenvalue weighted by Crippen LogP contribution is -2.41. The quantitative estimate of drug-likeness (QED) is 0.881. The van der Waals surface area contributed by atoms with Crippen molar-refractivity contribution in [3.8, 4) is 11.5 Å². The monoisotopic (exact) mass is 263 g/mol. The Morgan fingerprint density at radius 2 is 1.79 bits per heavy atom. The third kappa shape index (κ3) is 2.83. The van der Waals surface area contributed by atoms with E-state index < -0.39 is 0 Å². The number of hydrogen-bond donors (Lipinski definition) is 2. The van der Waals surface area contributed by atoms with Crippen molar-refractivity contribution < 1.29 is 15.0 Å². The van der Waals surface area contributed by atoms with E-state index in [9.17, 15) is 15.0 Å². The molecule has 1 saturated carbocycles. The van der Waals surface area contributed by atoms with Crippen molar-refractivity contribution in [1.29, 1.82) is 0 Å². The molecule has 19 heavy (non-hydrogen) atoms. The van der Waals surface area contributed by atoms with Crippen molar-refractivity contribution in [1.82, 2.24) is 4.90 Å². The fourth-order valence-electron chi connectivity index (χ4n) is 2.85. The summed E-state index contributed by atoms with van der Waals surface area (Å²) < 4.78 is 0. The molecule has 0 bridgehead atoms. The van der Waals surface area contributed by atoms with Crippen LogP contribution in [0.2, 0.25) is 0 Å². The van der Waals surface area contributed by atoms with Crippen LogP contribution in [-0.4, -0.2) is 33.6 Å². The van der Waals surface area contributed by atoms with Crippen LogP contribution in [0.5, 0.6) is 11.5 Å². The van der Waals surface area contributed by atoms with Gasteiger partial charge in [-0.25, -0.2) is 0 Å². The molecule has 1 fully saturated rings. The summed E-state index contributed by atoms with van der Waals surface area (Å²) in [5.41, 5.74) is 0.0231. The lowest BCUT2D eigenvalue weighted by atomic mass is 9.93. The van der Waals surface area contributed by atoms with Crippen molar-refractivity contribution in [3.63, 3.8) is 0 Å². The van der Waals surface area contributed by atoms with Crippen LogP contribution in [0.1, 0.15) is 49.4 Å². The molecule has 0 saturated heterocycles. The molecule has 1 aromatic carbocycles. The molecule has 1 aliphatic rings. The van der Waals surface area contributed by atoms with Crippen molar-refractivity contribution in [2.45, 2.75) is 45.1 Å². The fraction of sp³-hybridized carbons (Fsp3) is 0.533. The lowest BCUT2D eigenvalue weighted by Gasteiger charge is -2.33. The molecule has 4 heteroatoms. The average Bonchev–Trinajstić information content (AvgIpc) is 2.40. The first-order valence-electron chi connectivity index (χ1n) is 6.97. The van der Waals surface area contributed by atoms with Crippen LogP contribution in [0, 0.1) is 0 Å². The molecule has 0 heterocycles. The zero-order chi connectivity index (χ0) is 13.8. The third-order valence-electron chi connectivity index (χ3n) is 3.85. The third-order valence-corrected chi connectivity index (χ3v) is 3.85. The summed E-state index contributed by atoms with van der Waals surface area (Å²) in [6.45, 7) is 2.53. The number of rotatable bonds is 3. The van der Waals surface area contributed by atoms with Gasteiger partial charge in [0.25, 0.3) is 5.91 Å². The van der Waals surface area contributed by atoms with Crippen molar-refractivity contribution in [2.24, 2.45) is 0 Å². The zero-order valence-electron chi connectivity index (χ0n) is 11.3.